The molecule has 1 unspecified atom stereocenters. The molecule has 1 aliphatic carbocycles. The predicted molar refractivity (Wildman–Crippen MR) is 198 cm³/mol. The van der Waals surface area contributed by atoms with E-state index in [9.17, 15) is 0 Å². The molecular formula is C44H32NP. The Morgan fingerprint density at radius 2 is 1.02 bits per heavy atom. The Morgan fingerprint density at radius 1 is 0.435 bits per heavy atom. The van der Waals surface area contributed by atoms with Gasteiger partial charge in [-0.1, -0.05) is 0 Å². The topological polar surface area (TPSA) is 4.93 Å². The SMILES string of the molecule is C[PH](c1ccccc1)(c1ccccc1)c1ccc2c(c1)C1(c3ccccc3-2)c2ccccc2-n2c3ccccc3c3cccc1c32. The number of fused-ring (bicyclic) bond motifs is 12. The Hall–Kier alpha value is -5.23. The second-order valence-electron chi connectivity index (χ2n) is 13.0. The third kappa shape index (κ3) is 3.14. The van der Waals surface area contributed by atoms with Gasteiger partial charge in [-0.2, -0.15) is 0 Å². The van der Waals surface area contributed by atoms with Crippen molar-refractivity contribution < 1.29 is 0 Å². The van der Waals surface area contributed by atoms with Crippen molar-refractivity contribution in [2.45, 2.75) is 5.41 Å². The summed E-state index contributed by atoms with van der Waals surface area (Å²) in [6.07, 6.45) is 0. The van der Waals surface area contributed by atoms with Crippen molar-refractivity contribution >= 4 is 45.0 Å². The van der Waals surface area contributed by atoms with Crippen molar-refractivity contribution in [1.82, 2.24) is 4.57 Å². The molecule has 8 aromatic rings. The molecule has 1 atom stereocenters. The molecule has 2 aliphatic rings. The van der Waals surface area contributed by atoms with E-state index in [1.54, 1.807) is 0 Å². The first kappa shape index (κ1) is 26.0. The van der Waals surface area contributed by atoms with Gasteiger partial charge in [0.25, 0.3) is 0 Å². The van der Waals surface area contributed by atoms with Gasteiger partial charge < -0.3 is 0 Å². The molecule has 10 rings (SSSR count). The summed E-state index contributed by atoms with van der Waals surface area (Å²) < 4.78 is 2.53. The molecule has 0 saturated carbocycles. The summed E-state index contributed by atoms with van der Waals surface area (Å²) in [5.74, 6) is 0. The first-order valence-electron chi connectivity index (χ1n) is 16.2. The molecule has 7 aromatic carbocycles. The maximum atomic E-state index is 2.61. The van der Waals surface area contributed by atoms with Crippen LogP contribution in [-0.2, 0) is 5.41 Å². The molecule has 2 heterocycles. The van der Waals surface area contributed by atoms with E-state index in [0.29, 0.717) is 0 Å². The van der Waals surface area contributed by atoms with E-state index in [-0.39, 0.29) is 0 Å². The van der Waals surface area contributed by atoms with Crippen LogP contribution in [0.25, 0.3) is 38.6 Å². The van der Waals surface area contributed by atoms with Gasteiger partial charge in [0.1, 0.15) is 0 Å². The third-order valence-corrected chi connectivity index (χ3v) is 15.4. The normalized spacial score (nSPS) is 16.4. The fraction of sp³-hybridized carbons (Fsp3) is 0.0455. The molecule has 0 bridgehead atoms. The van der Waals surface area contributed by atoms with E-state index in [0.717, 1.165) is 0 Å². The van der Waals surface area contributed by atoms with Gasteiger partial charge in [-0.05, 0) is 0 Å². The molecule has 0 saturated heterocycles. The summed E-state index contributed by atoms with van der Waals surface area (Å²) in [4.78, 5) is 0. The van der Waals surface area contributed by atoms with Gasteiger partial charge >= 0.3 is 271 Å². The molecule has 2 heteroatoms. The van der Waals surface area contributed by atoms with Crippen LogP contribution in [0, 0.1) is 0 Å². The van der Waals surface area contributed by atoms with E-state index in [4.69, 9.17) is 0 Å². The van der Waals surface area contributed by atoms with Crippen molar-refractivity contribution in [3.05, 3.63) is 192 Å². The van der Waals surface area contributed by atoms with Crippen LogP contribution in [0.5, 0.6) is 0 Å². The Kier molecular flexibility index (Phi) is 5.32. The fourth-order valence-electron chi connectivity index (χ4n) is 8.92. The number of nitrogens with zero attached hydrogens (tertiary/aromatic N) is 1. The van der Waals surface area contributed by atoms with Gasteiger partial charge in [0.2, 0.25) is 0 Å². The molecule has 1 spiro atoms. The quantitative estimate of drug-likeness (QED) is 0.177. The summed E-state index contributed by atoms with van der Waals surface area (Å²) >= 11 is 0. The summed E-state index contributed by atoms with van der Waals surface area (Å²) in [6, 6.07) is 64.1. The molecule has 0 radical (unpaired) electrons. The van der Waals surface area contributed by atoms with Crippen molar-refractivity contribution in [3.8, 4) is 16.8 Å². The average molecular weight is 606 g/mol. The second-order valence-corrected chi connectivity index (χ2v) is 17.0. The number of rotatable bonds is 3. The number of hydrogen-bond donors (Lipinski definition) is 0. The standard InChI is InChI=1S/C44H32NP/c1-46(30-15-4-2-5-16-30,31-17-6-3-7-18-31)32-27-28-34-33-19-8-10-22-37(33)44(40(34)29-32)38-23-11-13-26-42(38)45-41-25-12-9-20-35(41)36-21-14-24-39(44)43(36)45/h2-29,46H,1H3. The molecular weight excluding hydrogens is 573 g/mol. The maximum absolute atomic E-state index is 2.61. The van der Waals surface area contributed by atoms with Crippen LogP contribution in [0.1, 0.15) is 22.3 Å². The van der Waals surface area contributed by atoms with Gasteiger partial charge in [0, 0.05) is 0 Å². The molecule has 1 aromatic heterocycles. The van der Waals surface area contributed by atoms with Crippen LogP contribution in [0.15, 0.2) is 170 Å². The summed E-state index contributed by atoms with van der Waals surface area (Å²) in [5, 5.41) is 6.91. The number of benzene rings is 7. The van der Waals surface area contributed by atoms with Crippen molar-refractivity contribution in [2.75, 3.05) is 6.66 Å². The minimum atomic E-state index is -2.36. The molecule has 1 aliphatic heterocycles. The zero-order chi connectivity index (χ0) is 30.5. The minimum absolute atomic E-state index is 0.439. The van der Waals surface area contributed by atoms with Crippen LogP contribution in [0.3, 0.4) is 0 Å². The molecule has 0 N–H and O–H groups in total. The Labute approximate surface area is 269 Å². The van der Waals surface area contributed by atoms with E-state index in [1.807, 2.05) is 0 Å². The monoisotopic (exact) mass is 605 g/mol. The van der Waals surface area contributed by atoms with Crippen LogP contribution in [0.4, 0.5) is 0 Å². The zero-order valence-electron chi connectivity index (χ0n) is 25.6. The average Bonchev–Trinajstić information content (AvgIpc) is 3.62. The third-order valence-electron chi connectivity index (χ3n) is 11.0. The first-order valence-corrected chi connectivity index (χ1v) is 18.7. The first-order chi connectivity index (χ1) is 22.7. The summed E-state index contributed by atoms with van der Waals surface area (Å²) in [7, 11) is -2.36. The Bertz CT molecular complexity index is 2450. The fourth-order valence-corrected chi connectivity index (χ4v) is 12.5. The number of hydrogen-bond acceptors (Lipinski definition) is 0. The molecule has 218 valence electrons. The number of para-hydroxylation sites is 3. The van der Waals surface area contributed by atoms with Crippen LogP contribution < -0.4 is 15.9 Å². The van der Waals surface area contributed by atoms with Crippen molar-refractivity contribution in [2.24, 2.45) is 0 Å². The Morgan fingerprint density at radius 3 is 1.80 bits per heavy atom. The van der Waals surface area contributed by atoms with Crippen LogP contribution in [-0.4, -0.2) is 11.2 Å². The second kappa shape index (κ2) is 9.39. The summed E-state index contributed by atoms with van der Waals surface area (Å²) in [5.41, 5.74) is 11.6. The van der Waals surface area contributed by atoms with Gasteiger partial charge in [-0.3, -0.25) is 0 Å². The summed E-state index contributed by atoms with van der Waals surface area (Å²) in [6.45, 7) is 2.53. The van der Waals surface area contributed by atoms with Crippen molar-refractivity contribution in [3.63, 3.8) is 0 Å². The number of aromatic nitrogens is 1. The van der Waals surface area contributed by atoms with Crippen LogP contribution >= 0.6 is 7.26 Å². The van der Waals surface area contributed by atoms with E-state index in [1.165, 1.54) is 76.8 Å². The predicted octanol–water partition coefficient (Wildman–Crippen LogP) is 9.12. The van der Waals surface area contributed by atoms with Gasteiger partial charge in [0.15, 0.2) is 0 Å². The van der Waals surface area contributed by atoms with Crippen molar-refractivity contribution in [1.29, 1.82) is 0 Å². The van der Waals surface area contributed by atoms with Gasteiger partial charge in [-0.25, -0.2) is 0 Å². The van der Waals surface area contributed by atoms with E-state index >= 15 is 0 Å². The molecule has 0 fully saturated rings. The zero-order valence-corrected chi connectivity index (χ0v) is 26.6. The Balaban J connectivity index is 1.37. The van der Waals surface area contributed by atoms with E-state index in [2.05, 4.69) is 181 Å². The molecule has 1 nitrogen and oxygen atoms in total. The molecule has 46 heavy (non-hydrogen) atoms. The van der Waals surface area contributed by atoms with Gasteiger partial charge in [0.05, 0.1) is 0 Å². The van der Waals surface area contributed by atoms with Crippen LogP contribution in [0.2, 0.25) is 0 Å². The van der Waals surface area contributed by atoms with E-state index < -0.39 is 12.7 Å². The molecule has 0 amide bonds. The van der Waals surface area contributed by atoms with Gasteiger partial charge in [-0.15, -0.1) is 0 Å².